The molecule has 0 aliphatic carbocycles. The van der Waals surface area contributed by atoms with Gasteiger partial charge in [0.1, 0.15) is 0 Å². The quantitative estimate of drug-likeness (QED) is 0.471. The average molecular weight is 163 g/mol. The van der Waals surface area contributed by atoms with Crippen LogP contribution >= 0.6 is 0 Å². The molecule has 0 radical (unpaired) electrons. The summed E-state index contributed by atoms with van der Waals surface area (Å²) < 4.78 is 0. The first-order chi connectivity index (χ1) is 5.61. The van der Waals surface area contributed by atoms with Crippen molar-refractivity contribution in [1.29, 1.82) is 10.8 Å². The number of nitrogens with one attached hydrogen (secondary N) is 2. The van der Waals surface area contributed by atoms with E-state index in [4.69, 9.17) is 10.8 Å². The minimum atomic E-state index is 0.211. The summed E-state index contributed by atoms with van der Waals surface area (Å²) in [6.07, 6.45) is 4.52. The van der Waals surface area contributed by atoms with Crippen molar-refractivity contribution in [3.05, 3.63) is 23.4 Å². The van der Waals surface area contributed by atoms with Gasteiger partial charge >= 0.3 is 0 Å². The molecule has 3 heteroatoms. The molecule has 0 aliphatic rings. The van der Waals surface area contributed by atoms with Gasteiger partial charge in [-0.25, -0.2) is 0 Å². The van der Waals surface area contributed by atoms with Gasteiger partial charge in [0.15, 0.2) is 0 Å². The number of hydrogen-bond acceptors (Lipinski definition) is 3. The van der Waals surface area contributed by atoms with Gasteiger partial charge in [0, 0.05) is 11.9 Å². The van der Waals surface area contributed by atoms with Gasteiger partial charge in [-0.05, 0) is 32.2 Å². The minimum Gasteiger partial charge on any atom is -0.307 e. The molecule has 0 saturated heterocycles. The summed E-state index contributed by atoms with van der Waals surface area (Å²) in [6.45, 7) is 6.96. The first-order valence-electron chi connectivity index (χ1n) is 3.53. The zero-order valence-electron chi connectivity index (χ0n) is 7.39. The Labute approximate surface area is 72.5 Å². The molecule has 0 amide bonds. The lowest BCUT2D eigenvalue weighted by Gasteiger charge is -1.93. The smallest absolute Gasteiger partial charge is 0.0744 e. The molecule has 0 aromatic heterocycles. The van der Waals surface area contributed by atoms with Crippen molar-refractivity contribution >= 4 is 18.6 Å². The van der Waals surface area contributed by atoms with Crippen LogP contribution in [0.15, 0.2) is 28.4 Å². The predicted molar refractivity (Wildman–Crippen MR) is 53.6 cm³/mol. The number of hydrogen-bond donors (Lipinski definition) is 2. The minimum absolute atomic E-state index is 0.211. The maximum Gasteiger partial charge on any atom is 0.0744 e. The molecular formula is C9H13N3. The van der Waals surface area contributed by atoms with Crippen LogP contribution in [0.1, 0.15) is 13.8 Å². The highest BCUT2D eigenvalue weighted by atomic mass is 14.7. The van der Waals surface area contributed by atoms with Gasteiger partial charge in [0.05, 0.1) is 5.71 Å². The molecular weight excluding hydrogens is 150 g/mol. The first kappa shape index (κ1) is 10.5. The maximum atomic E-state index is 7.26. The molecule has 0 saturated carbocycles. The fourth-order valence-electron chi connectivity index (χ4n) is 0.502. The lowest BCUT2D eigenvalue weighted by Crippen LogP contribution is -1.97. The van der Waals surface area contributed by atoms with Crippen LogP contribution in [0.2, 0.25) is 0 Å². The molecule has 0 unspecified atom stereocenters. The largest absolute Gasteiger partial charge is 0.307 e. The van der Waals surface area contributed by atoms with E-state index >= 15 is 0 Å². The maximum absolute atomic E-state index is 7.26. The molecule has 64 valence electrons. The number of allylic oxidation sites excluding steroid dienone is 4. The van der Waals surface area contributed by atoms with Gasteiger partial charge in [-0.15, -0.1) is 0 Å². The Morgan fingerprint density at radius 3 is 2.33 bits per heavy atom. The molecule has 0 bridgehead atoms. The van der Waals surface area contributed by atoms with Gasteiger partial charge in [0.2, 0.25) is 0 Å². The Balaban J connectivity index is 4.47. The van der Waals surface area contributed by atoms with Crippen LogP contribution < -0.4 is 0 Å². The second-order valence-corrected chi connectivity index (χ2v) is 2.37. The highest BCUT2D eigenvalue weighted by molar-refractivity contribution is 6.35. The van der Waals surface area contributed by atoms with Crippen LogP contribution in [-0.2, 0) is 0 Å². The average Bonchev–Trinajstić information content (AvgIpc) is 2.11. The van der Waals surface area contributed by atoms with Crippen molar-refractivity contribution in [2.24, 2.45) is 4.99 Å². The standard InChI is InChI=1S/C9H13N3/c1-7(9(11)6-10)4-5-8(2)12-3/h4-6,10-11H,3H2,1-2H3/b7-4+,8-5-,10-6?,11-9?. The summed E-state index contributed by atoms with van der Waals surface area (Å²) in [7, 11) is 0. The molecule has 0 aromatic carbocycles. The third kappa shape index (κ3) is 3.61. The fourth-order valence-corrected chi connectivity index (χ4v) is 0.502. The van der Waals surface area contributed by atoms with Crippen molar-refractivity contribution in [2.45, 2.75) is 13.8 Å². The lowest BCUT2D eigenvalue weighted by molar-refractivity contribution is 1.32. The highest BCUT2D eigenvalue weighted by Gasteiger charge is 1.91. The molecule has 0 atom stereocenters. The van der Waals surface area contributed by atoms with E-state index in [1.54, 1.807) is 19.1 Å². The van der Waals surface area contributed by atoms with Crippen molar-refractivity contribution in [3.63, 3.8) is 0 Å². The molecule has 12 heavy (non-hydrogen) atoms. The molecule has 0 aromatic rings. The Morgan fingerprint density at radius 2 is 1.92 bits per heavy atom. The SMILES string of the molecule is C=N/C(C)=C\C=C(/C)C(=N)C=N. The van der Waals surface area contributed by atoms with Gasteiger partial charge in [-0.3, -0.25) is 10.4 Å². The molecule has 0 heterocycles. The van der Waals surface area contributed by atoms with Gasteiger partial charge in [0.25, 0.3) is 0 Å². The van der Waals surface area contributed by atoms with E-state index in [9.17, 15) is 0 Å². The summed E-state index contributed by atoms with van der Waals surface area (Å²) in [6, 6.07) is 0. The van der Waals surface area contributed by atoms with Crippen molar-refractivity contribution in [3.8, 4) is 0 Å². The molecule has 2 N–H and O–H groups in total. The topological polar surface area (TPSA) is 60.1 Å². The summed E-state index contributed by atoms with van der Waals surface area (Å²) in [4.78, 5) is 3.68. The highest BCUT2D eigenvalue weighted by Crippen LogP contribution is 1.98. The second-order valence-electron chi connectivity index (χ2n) is 2.37. The molecule has 0 aliphatic heterocycles. The first-order valence-corrected chi connectivity index (χ1v) is 3.53. The van der Waals surface area contributed by atoms with Crippen LogP contribution in [0.25, 0.3) is 0 Å². The molecule has 3 nitrogen and oxygen atoms in total. The molecule has 0 rings (SSSR count). The monoisotopic (exact) mass is 163 g/mol. The van der Waals surface area contributed by atoms with Crippen molar-refractivity contribution in [2.75, 3.05) is 0 Å². The van der Waals surface area contributed by atoms with E-state index in [0.717, 1.165) is 17.5 Å². The summed E-state index contributed by atoms with van der Waals surface area (Å²) in [5.41, 5.74) is 1.75. The Morgan fingerprint density at radius 1 is 1.33 bits per heavy atom. The molecule has 0 spiro atoms. The Bertz CT molecular complexity index is 259. The summed E-state index contributed by atoms with van der Waals surface area (Å²) in [5, 5.41) is 14.1. The van der Waals surface area contributed by atoms with E-state index < -0.39 is 0 Å². The van der Waals surface area contributed by atoms with Crippen LogP contribution in [0.4, 0.5) is 0 Å². The number of nitrogens with zero attached hydrogens (tertiary/aromatic N) is 1. The zero-order chi connectivity index (χ0) is 9.56. The van der Waals surface area contributed by atoms with Gasteiger partial charge < -0.3 is 5.41 Å². The zero-order valence-corrected chi connectivity index (χ0v) is 7.39. The van der Waals surface area contributed by atoms with Crippen molar-refractivity contribution < 1.29 is 0 Å². The van der Waals surface area contributed by atoms with E-state index in [1.165, 1.54) is 0 Å². The van der Waals surface area contributed by atoms with Crippen LogP contribution in [0.5, 0.6) is 0 Å². The van der Waals surface area contributed by atoms with Crippen LogP contribution in [0, 0.1) is 10.8 Å². The number of rotatable bonds is 4. The van der Waals surface area contributed by atoms with E-state index in [2.05, 4.69) is 11.7 Å². The third-order valence-electron chi connectivity index (χ3n) is 1.39. The Hall–Kier alpha value is -1.51. The van der Waals surface area contributed by atoms with Crippen molar-refractivity contribution in [1.82, 2.24) is 0 Å². The Kier molecular flexibility index (Phi) is 4.53. The predicted octanol–water partition coefficient (Wildman–Crippen LogP) is 2.21. The third-order valence-corrected chi connectivity index (χ3v) is 1.39. The normalized spacial score (nSPS) is 12.5. The van der Waals surface area contributed by atoms with Crippen LogP contribution in [0.3, 0.4) is 0 Å². The summed E-state index contributed by atoms with van der Waals surface area (Å²) >= 11 is 0. The fraction of sp³-hybridized carbons (Fsp3) is 0.222. The van der Waals surface area contributed by atoms with E-state index in [-0.39, 0.29) is 5.71 Å². The summed E-state index contributed by atoms with van der Waals surface area (Å²) in [5.74, 6) is 0. The van der Waals surface area contributed by atoms with E-state index in [1.807, 2.05) is 6.92 Å². The van der Waals surface area contributed by atoms with E-state index in [0.29, 0.717) is 0 Å². The van der Waals surface area contributed by atoms with Gasteiger partial charge in [-0.1, -0.05) is 6.08 Å². The lowest BCUT2D eigenvalue weighted by atomic mass is 10.2. The second kappa shape index (κ2) is 5.18. The van der Waals surface area contributed by atoms with Crippen LogP contribution in [-0.4, -0.2) is 18.6 Å². The molecule has 0 fully saturated rings. The van der Waals surface area contributed by atoms with Gasteiger partial charge in [-0.2, -0.15) is 0 Å². The number of aliphatic imine (C=N–C) groups is 1.